The average Bonchev–Trinajstić information content (AvgIpc) is 2.68. The fourth-order valence-corrected chi connectivity index (χ4v) is 1.63. The maximum absolute atomic E-state index is 3.35. The molecule has 2 N–H and O–H groups in total. The molecule has 2 nitrogen and oxygen atoms in total. The predicted molar refractivity (Wildman–Crippen MR) is 45.3 cm³/mol. The number of aromatic nitrogens is 1. The van der Waals surface area contributed by atoms with Crippen molar-refractivity contribution in [1.29, 1.82) is 0 Å². The predicted octanol–water partition coefficient (Wildman–Crippen LogP) is 1.69. The van der Waals surface area contributed by atoms with E-state index >= 15 is 0 Å². The van der Waals surface area contributed by atoms with E-state index in [0.717, 1.165) is 5.92 Å². The molecule has 0 radical (unpaired) electrons. The van der Waals surface area contributed by atoms with Crippen molar-refractivity contribution in [3.8, 4) is 0 Å². The molecule has 0 bridgehead atoms. The Morgan fingerprint density at radius 2 is 2.45 bits per heavy atom. The van der Waals surface area contributed by atoms with E-state index in [1.165, 1.54) is 18.4 Å². The van der Waals surface area contributed by atoms with Gasteiger partial charge in [0.15, 0.2) is 0 Å². The quantitative estimate of drug-likeness (QED) is 0.674. The molecule has 60 valence electrons. The van der Waals surface area contributed by atoms with Crippen molar-refractivity contribution in [2.75, 3.05) is 7.05 Å². The fourth-order valence-electron chi connectivity index (χ4n) is 1.63. The van der Waals surface area contributed by atoms with Gasteiger partial charge in [0.1, 0.15) is 0 Å². The molecule has 1 fully saturated rings. The van der Waals surface area contributed by atoms with Gasteiger partial charge in [0.25, 0.3) is 0 Å². The highest BCUT2D eigenvalue weighted by Gasteiger charge is 2.31. The molecule has 1 aliphatic carbocycles. The summed E-state index contributed by atoms with van der Waals surface area (Å²) in [6.07, 6.45) is 6.84. The molecule has 0 spiro atoms. The number of hydrogen-bond donors (Lipinski definition) is 2. The third kappa shape index (κ3) is 1.31. The van der Waals surface area contributed by atoms with Crippen LogP contribution in [0.3, 0.4) is 0 Å². The van der Waals surface area contributed by atoms with Gasteiger partial charge in [-0.05, 0) is 37.4 Å². The molecule has 0 amide bonds. The van der Waals surface area contributed by atoms with E-state index in [1.807, 2.05) is 13.2 Å². The molecule has 2 heteroatoms. The van der Waals surface area contributed by atoms with Gasteiger partial charge in [-0.2, -0.15) is 0 Å². The minimum absolute atomic E-state index is 0.584. The van der Waals surface area contributed by atoms with E-state index in [1.54, 1.807) is 0 Å². The normalized spacial score (nSPS) is 20.1. The van der Waals surface area contributed by atoms with Gasteiger partial charge in [0, 0.05) is 18.4 Å². The van der Waals surface area contributed by atoms with Gasteiger partial charge < -0.3 is 10.3 Å². The van der Waals surface area contributed by atoms with E-state index in [2.05, 4.69) is 22.6 Å². The van der Waals surface area contributed by atoms with Crippen LogP contribution in [0, 0.1) is 5.92 Å². The Labute approximate surface area is 67.0 Å². The third-order valence-corrected chi connectivity index (χ3v) is 2.39. The molecule has 0 saturated heterocycles. The van der Waals surface area contributed by atoms with Crippen LogP contribution in [0.1, 0.15) is 24.4 Å². The molecule has 0 aliphatic heterocycles. The van der Waals surface area contributed by atoms with E-state index in [-0.39, 0.29) is 0 Å². The van der Waals surface area contributed by atoms with Gasteiger partial charge in [0.2, 0.25) is 0 Å². The highest BCUT2D eigenvalue weighted by molar-refractivity contribution is 5.16. The molecular weight excluding hydrogens is 136 g/mol. The van der Waals surface area contributed by atoms with Gasteiger partial charge in [-0.3, -0.25) is 0 Å². The van der Waals surface area contributed by atoms with Gasteiger partial charge in [0.05, 0.1) is 0 Å². The van der Waals surface area contributed by atoms with E-state index in [9.17, 15) is 0 Å². The Kier molecular flexibility index (Phi) is 1.70. The lowest BCUT2D eigenvalue weighted by molar-refractivity contribution is 0.529. The van der Waals surface area contributed by atoms with Gasteiger partial charge in [-0.25, -0.2) is 0 Å². The number of hydrogen-bond acceptors (Lipinski definition) is 1. The van der Waals surface area contributed by atoms with Crippen molar-refractivity contribution >= 4 is 0 Å². The highest BCUT2D eigenvalue weighted by Crippen LogP contribution is 2.40. The maximum atomic E-state index is 3.35. The van der Waals surface area contributed by atoms with Crippen LogP contribution in [-0.4, -0.2) is 12.0 Å². The standard InChI is InChI=1S/C9H14N2/c1-10-9(7-2-3-7)8-4-5-11-6-8/h4-7,9-11H,2-3H2,1H3. The number of aromatic amines is 1. The fraction of sp³-hybridized carbons (Fsp3) is 0.556. The number of rotatable bonds is 3. The van der Waals surface area contributed by atoms with Crippen LogP contribution in [-0.2, 0) is 0 Å². The summed E-state index contributed by atoms with van der Waals surface area (Å²) in [6, 6.07) is 2.74. The first-order valence-electron chi connectivity index (χ1n) is 4.22. The summed E-state index contributed by atoms with van der Waals surface area (Å²) in [6.45, 7) is 0. The minimum Gasteiger partial charge on any atom is -0.367 e. The first-order chi connectivity index (χ1) is 5.42. The highest BCUT2D eigenvalue weighted by atomic mass is 14.9. The summed E-state index contributed by atoms with van der Waals surface area (Å²) >= 11 is 0. The summed E-state index contributed by atoms with van der Waals surface area (Å²) in [5, 5.41) is 3.35. The summed E-state index contributed by atoms with van der Waals surface area (Å²) in [5.41, 5.74) is 1.40. The van der Waals surface area contributed by atoms with E-state index in [4.69, 9.17) is 0 Å². The molecule has 1 atom stereocenters. The van der Waals surface area contributed by atoms with Gasteiger partial charge in [-0.1, -0.05) is 0 Å². The lowest BCUT2D eigenvalue weighted by Gasteiger charge is -2.12. The topological polar surface area (TPSA) is 27.8 Å². The van der Waals surface area contributed by atoms with Crippen LogP contribution in [0.25, 0.3) is 0 Å². The van der Waals surface area contributed by atoms with Gasteiger partial charge >= 0.3 is 0 Å². The van der Waals surface area contributed by atoms with Gasteiger partial charge in [-0.15, -0.1) is 0 Å². The molecule has 1 heterocycles. The Hall–Kier alpha value is -0.760. The summed E-state index contributed by atoms with van der Waals surface area (Å²) in [7, 11) is 2.04. The summed E-state index contributed by atoms with van der Waals surface area (Å²) < 4.78 is 0. The van der Waals surface area contributed by atoms with Crippen LogP contribution in [0.15, 0.2) is 18.5 Å². The van der Waals surface area contributed by atoms with Crippen molar-refractivity contribution in [3.63, 3.8) is 0 Å². The minimum atomic E-state index is 0.584. The lowest BCUT2D eigenvalue weighted by Crippen LogP contribution is -2.17. The first kappa shape index (κ1) is 6.92. The Balaban J connectivity index is 2.11. The van der Waals surface area contributed by atoms with E-state index < -0.39 is 0 Å². The van der Waals surface area contributed by atoms with Crippen LogP contribution < -0.4 is 5.32 Å². The number of H-pyrrole nitrogens is 1. The molecule has 1 saturated carbocycles. The Bertz CT molecular complexity index is 211. The van der Waals surface area contributed by atoms with Crippen LogP contribution >= 0.6 is 0 Å². The van der Waals surface area contributed by atoms with E-state index in [0.29, 0.717) is 6.04 Å². The largest absolute Gasteiger partial charge is 0.367 e. The van der Waals surface area contributed by atoms with Crippen molar-refractivity contribution in [2.24, 2.45) is 5.92 Å². The second kappa shape index (κ2) is 2.70. The van der Waals surface area contributed by atoms with Crippen molar-refractivity contribution in [2.45, 2.75) is 18.9 Å². The van der Waals surface area contributed by atoms with Crippen LogP contribution in [0.4, 0.5) is 0 Å². The van der Waals surface area contributed by atoms with Crippen LogP contribution in [0.5, 0.6) is 0 Å². The van der Waals surface area contributed by atoms with Crippen molar-refractivity contribution in [3.05, 3.63) is 24.0 Å². The summed E-state index contributed by atoms with van der Waals surface area (Å²) in [4.78, 5) is 3.09. The zero-order chi connectivity index (χ0) is 7.68. The lowest BCUT2D eigenvalue weighted by atomic mass is 10.1. The van der Waals surface area contributed by atoms with Crippen molar-refractivity contribution < 1.29 is 0 Å². The maximum Gasteiger partial charge on any atom is 0.0361 e. The molecule has 1 aromatic heterocycles. The number of nitrogens with one attached hydrogen (secondary N) is 2. The molecule has 1 unspecified atom stereocenters. The summed E-state index contributed by atoms with van der Waals surface area (Å²) in [5.74, 6) is 0.885. The third-order valence-electron chi connectivity index (χ3n) is 2.39. The molecule has 1 aromatic rings. The molecule has 2 rings (SSSR count). The SMILES string of the molecule is CNC(c1cc[nH]c1)C1CC1. The average molecular weight is 150 g/mol. The zero-order valence-electron chi connectivity index (χ0n) is 6.80. The molecule has 11 heavy (non-hydrogen) atoms. The smallest absolute Gasteiger partial charge is 0.0361 e. The van der Waals surface area contributed by atoms with Crippen LogP contribution in [0.2, 0.25) is 0 Å². The molecule has 1 aliphatic rings. The monoisotopic (exact) mass is 150 g/mol. The molecular formula is C9H14N2. The zero-order valence-corrected chi connectivity index (χ0v) is 6.80. The van der Waals surface area contributed by atoms with Crippen molar-refractivity contribution in [1.82, 2.24) is 10.3 Å². The second-order valence-corrected chi connectivity index (χ2v) is 3.25. The Morgan fingerprint density at radius 3 is 2.91 bits per heavy atom. The second-order valence-electron chi connectivity index (χ2n) is 3.25. The molecule has 0 aromatic carbocycles. The first-order valence-corrected chi connectivity index (χ1v) is 4.22. The Morgan fingerprint density at radius 1 is 1.64 bits per heavy atom.